The highest BCUT2D eigenvalue weighted by molar-refractivity contribution is 9.10. The Bertz CT molecular complexity index is 796. The summed E-state index contributed by atoms with van der Waals surface area (Å²) in [6.07, 6.45) is 1.46. The summed E-state index contributed by atoms with van der Waals surface area (Å²) in [5.41, 5.74) is -3.04. The maximum absolute atomic E-state index is 12.6. The van der Waals surface area contributed by atoms with Crippen LogP contribution in [-0.4, -0.2) is 36.3 Å². The van der Waals surface area contributed by atoms with Crippen molar-refractivity contribution in [2.75, 3.05) is 30.1 Å². The molecule has 1 aromatic heterocycles. The van der Waals surface area contributed by atoms with Gasteiger partial charge in [0.05, 0.1) is 16.6 Å². The van der Waals surface area contributed by atoms with Crippen LogP contribution in [0.15, 0.2) is 41.0 Å². The fourth-order valence-corrected chi connectivity index (χ4v) is 3.00. The van der Waals surface area contributed by atoms with Crippen LogP contribution in [0.3, 0.4) is 0 Å². The molecule has 0 atom stereocenters. The Kier molecular flexibility index (Phi) is 5.59. The topological polar surface area (TPSA) is 63.7 Å². The maximum atomic E-state index is 12.6. The monoisotopic (exact) mass is 447 g/mol. The Balaban J connectivity index is 1.67. The fourth-order valence-electron chi connectivity index (χ4n) is 2.31. The number of anilines is 2. The van der Waals surface area contributed by atoms with Gasteiger partial charge >= 0.3 is 5.57 Å². The molecule has 1 saturated heterocycles. The molecule has 1 N–H and O–H groups in total. The molecule has 2 heterocycles. The van der Waals surface area contributed by atoms with Crippen molar-refractivity contribution in [1.29, 1.82) is 0 Å². The summed E-state index contributed by atoms with van der Waals surface area (Å²) in [7, 11) is 0. The first-order valence-corrected chi connectivity index (χ1v) is 8.64. The Morgan fingerprint density at radius 2 is 2.12 bits per heavy atom. The Morgan fingerprint density at radius 3 is 2.69 bits per heavy atom. The van der Waals surface area contributed by atoms with Gasteiger partial charge in [-0.15, -0.1) is 8.78 Å². The Morgan fingerprint density at radius 1 is 1.38 bits per heavy atom. The third-order valence-corrected chi connectivity index (χ3v) is 4.14. The van der Waals surface area contributed by atoms with Gasteiger partial charge in [0.2, 0.25) is 0 Å². The molecule has 0 aliphatic carbocycles. The van der Waals surface area contributed by atoms with E-state index >= 15 is 0 Å². The average molecular weight is 449 g/mol. The number of ether oxygens (including phenoxy) is 2. The van der Waals surface area contributed by atoms with Gasteiger partial charge in [-0.05, 0) is 46.3 Å². The van der Waals surface area contributed by atoms with Crippen LogP contribution in [0.1, 0.15) is 10.4 Å². The van der Waals surface area contributed by atoms with E-state index in [1.165, 1.54) is 30.5 Å². The zero-order valence-electron chi connectivity index (χ0n) is 13.2. The first kappa shape index (κ1) is 18.8. The van der Waals surface area contributed by atoms with Crippen molar-refractivity contribution < 1.29 is 23.0 Å². The molecule has 1 amide bonds. The van der Waals surface area contributed by atoms with Gasteiger partial charge in [-0.2, -0.15) is 0 Å². The number of hydrogen-bond donors (Lipinski definition) is 1. The number of rotatable bonds is 5. The lowest BCUT2D eigenvalue weighted by atomic mass is 10.2. The number of hydrogen-bond acceptors (Lipinski definition) is 5. The van der Waals surface area contributed by atoms with Gasteiger partial charge in [0.25, 0.3) is 5.91 Å². The Labute approximate surface area is 161 Å². The summed E-state index contributed by atoms with van der Waals surface area (Å²) >= 11 is 8.11. The number of nitrogens with one attached hydrogen (secondary N) is 1. The minimum atomic E-state index is -3.79. The number of benzene rings is 1. The molecular formula is C16H13BrClF2N3O3. The van der Waals surface area contributed by atoms with Crippen molar-refractivity contribution >= 4 is 44.9 Å². The van der Waals surface area contributed by atoms with E-state index < -0.39 is 11.5 Å². The SMILES string of the molecule is O=C(Nc1ccc(OC(F)(F)Cl)cc1)c1cnc(N2CCOC2)c(Br)c1. The second kappa shape index (κ2) is 7.73. The molecule has 26 heavy (non-hydrogen) atoms. The van der Waals surface area contributed by atoms with Crippen LogP contribution in [0.25, 0.3) is 0 Å². The zero-order chi connectivity index (χ0) is 18.7. The number of nitrogens with zero attached hydrogens (tertiary/aromatic N) is 2. The lowest BCUT2D eigenvalue weighted by Crippen LogP contribution is -2.21. The minimum Gasteiger partial charge on any atom is -0.420 e. The molecule has 1 aliphatic rings. The van der Waals surface area contributed by atoms with Crippen molar-refractivity contribution in [2.45, 2.75) is 5.57 Å². The molecule has 1 aliphatic heterocycles. The van der Waals surface area contributed by atoms with Gasteiger partial charge in [0, 0.05) is 30.0 Å². The van der Waals surface area contributed by atoms with E-state index in [9.17, 15) is 13.6 Å². The highest BCUT2D eigenvalue weighted by Crippen LogP contribution is 2.27. The third-order valence-electron chi connectivity index (χ3n) is 3.48. The van der Waals surface area contributed by atoms with Gasteiger partial charge in [0.1, 0.15) is 18.3 Å². The van der Waals surface area contributed by atoms with Crippen LogP contribution >= 0.6 is 27.5 Å². The van der Waals surface area contributed by atoms with Crippen LogP contribution < -0.4 is 15.0 Å². The molecule has 1 fully saturated rings. The fraction of sp³-hybridized carbons (Fsp3) is 0.250. The molecule has 0 spiro atoms. The van der Waals surface area contributed by atoms with Crippen LogP contribution in [0.5, 0.6) is 5.75 Å². The quantitative estimate of drug-likeness (QED) is 0.699. The largest absolute Gasteiger partial charge is 0.487 e. The van der Waals surface area contributed by atoms with Crippen LogP contribution in [-0.2, 0) is 4.74 Å². The molecule has 1 aromatic carbocycles. The first-order chi connectivity index (χ1) is 12.3. The molecule has 0 unspecified atom stereocenters. The van der Waals surface area contributed by atoms with Crippen LogP contribution in [0.2, 0.25) is 0 Å². The smallest absolute Gasteiger partial charge is 0.420 e. The number of alkyl halides is 3. The van der Waals surface area contributed by atoms with E-state index in [-0.39, 0.29) is 5.75 Å². The van der Waals surface area contributed by atoms with Crippen molar-refractivity contribution in [3.05, 3.63) is 46.6 Å². The van der Waals surface area contributed by atoms with Crippen molar-refractivity contribution in [3.8, 4) is 5.75 Å². The van der Waals surface area contributed by atoms with Gasteiger partial charge in [-0.1, -0.05) is 0 Å². The number of pyridine rings is 1. The average Bonchev–Trinajstić information content (AvgIpc) is 3.09. The number of carbonyl (C=O) groups excluding carboxylic acids is 1. The third kappa shape index (κ3) is 4.80. The molecule has 2 aromatic rings. The van der Waals surface area contributed by atoms with Gasteiger partial charge in [-0.25, -0.2) is 4.98 Å². The molecule has 3 rings (SSSR count). The summed E-state index contributed by atoms with van der Waals surface area (Å²) in [5.74, 6) is 0.186. The highest BCUT2D eigenvalue weighted by Gasteiger charge is 2.27. The van der Waals surface area contributed by atoms with Crippen molar-refractivity contribution in [2.24, 2.45) is 0 Å². The predicted molar refractivity (Wildman–Crippen MR) is 95.9 cm³/mol. The number of halogens is 4. The highest BCUT2D eigenvalue weighted by atomic mass is 79.9. The summed E-state index contributed by atoms with van der Waals surface area (Å²) in [6, 6.07) is 7.05. The molecule has 138 valence electrons. The van der Waals surface area contributed by atoms with Crippen molar-refractivity contribution in [3.63, 3.8) is 0 Å². The lowest BCUT2D eigenvalue weighted by molar-refractivity contribution is -0.0964. The van der Waals surface area contributed by atoms with Gasteiger partial charge in [0.15, 0.2) is 0 Å². The second-order valence-corrected chi connectivity index (χ2v) is 6.65. The Hall–Kier alpha value is -1.97. The summed E-state index contributed by atoms with van der Waals surface area (Å²) in [5, 5.41) is 2.65. The van der Waals surface area contributed by atoms with E-state index in [1.54, 1.807) is 6.07 Å². The van der Waals surface area contributed by atoms with Crippen molar-refractivity contribution in [1.82, 2.24) is 4.98 Å². The molecule has 0 bridgehead atoms. The first-order valence-electron chi connectivity index (χ1n) is 7.47. The molecular weight excluding hydrogens is 436 g/mol. The maximum Gasteiger partial charge on any atom is 0.487 e. The van der Waals surface area contributed by atoms with E-state index in [4.69, 9.17) is 16.3 Å². The van der Waals surface area contributed by atoms with Gasteiger partial charge < -0.3 is 19.7 Å². The van der Waals surface area contributed by atoms with E-state index in [0.29, 0.717) is 34.9 Å². The summed E-state index contributed by atoms with van der Waals surface area (Å²) in [4.78, 5) is 18.6. The van der Waals surface area contributed by atoms with E-state index in [0.717, 1.165) is 6.54 Å². The zero-order valence-corrected chi connectivity index (χ0v) is 15.6. The molecule has 10 heteroatoms. The lowest BCUT2D eigenvalue weighted by Gasteiger charge is -2.16. The second-order valence-electron chi connectivity index (χ2n) is 5.36. The minimum absolute atomic E-state index is 0.121. The number of carbonyl (C=O) groups is 1. The van der Waals surface area contributed by atoms with Crippen LogP contribution in [0, 0.1) is 0 Å². The molecule has 0 radical (unpaired) electrons. The van der Waals surface area contributed by atoms with E-state index in [2.05, 4.69) is 31.0 Å². The van der Waals surface area contributed by atoms with E-state index in [1.807, 2.05) is 4.90 Å². The standard InChI is InChI=1S/C16H13BrClF2N3O3/c17-13-7-10(8-21-14(13)23-5-6-25-9-23)15(24)22-11-1-3-12(4-2-11)26-16(18,19)20/h1-4,7-8H,5-6,9H2,(H,22,24). The molecule has 0 saturated carbocycles. The summed E-state index contributed by atoms with van der Waals surface area (Å²) < 4.78 is 35.3. The molecule has 6 nitrogen and oxygen atoms in total. The normalized spacial score (nSPS) is 14.4. The van der Waals surface area contributed by atoms with Crippen LogP contribution in [0.4, 0.5) is 20.3 Å². The predicted octanol–water partition coefficient (Wildman–Crippen LogP) is 4.06. The number of aromatic nitrogens is 1. The number of amides is 1. The summed E-state index contributed by atoms with van der Waals surface area (Å²) in [6.45, 7) is 1.81. The van der Waals surface area contributed by atoms with Gasteiger partial charge in [-0.3, -0.25) is 4.79 Å².